The minimum atomic E-state index is -1.48. The highest BCUT2D eigenvalue weighted by Gasteiger charge is 2.18. The Bertz CT molecular complexity index is 669. The summed E-state index contributed by atoms with van der Waals surface area (Å²) in [5.74, 6) is -2.97. The standard InChI is InChI=1S/C16H16ClNO4/c1-9(7-10(2)14(15(19)20)16(21)22)8-13(17)11-3-5-12(18)6-4-11/h3-8H,18H2,1-2H3,(H,19,20)(H,21,22)/b9-7+,13-8-. The topological polar surface area (TPSA) is 101 Å². The molecule has 0 bridgehead atoms. The number of nitrogen functional groups attached to an aromatic ring is 1. The van der Waals surface area contributed by atoms with Crippen LogP contribution >= 0.6 is 11.6 Å². The Hall–Kier alpha value is -2.53. The number of anilines is 1. The van der Waals surface area contributed by atoms with Crippen molar-refractivity contribution >= 4 is 34.3 Å². The van der Waals surface area contributed by atoms with E-state index in [1.54, 1.807) is 37.3 Å². The number of halogens is 1. The molecule has 1 aromatic carbocycles. The largest absolute Gasteiger partial charge is 0.477 e. The first-order valence-electron chi connectivity index (χ1n) is 6.31. The predicted octanol–water partition coefficient (Wildman–Crippen LogP) is 3.28. The van der Waals surface area contributed by atoms with E-state index in [2.05, 4.69) is 0 Å². The highest BCUT2D eigenvalue weighted by molar-refractivity contribution is 6.49. The molecular weight excluding hydrogens is 306 g/mol. The third-order valence-corrected chi connectivity index (χ3v) is 3.13. The number of aliphatic carboxylic acids is 2. The highest BCUT2D eigenvalue weighted by atomic mass is 35.5. The van der Waals surface area contributed by atoms with Crippen LogP contribution < -0.4 is 5.73 Å². The third kappa shape index (κ3) is 4.79. The molecule has 4 N–H and O–H groups in total. The maximum atomic E-state index is 10.9. The van der Waals surface area contributed by atoms with Gasteiger partial charge in [-0.3, -0.25) is 0 Å². The second-order valence-corrected chi connectivity index (χ2v) is 5.08. The molecule has 0 aromatic heterocycles. The quantitative estimate of drug-likeness (QED) is 0.254. The molecule has 1 aromatic rings. The zero-order chi connectivity index (χ0) is 16.9. The average Bonchev–Trinajstić information content (AvgIpc) is 2.37. The van der Waals surface area contributed by atoms with Gasteiger partial charge in [0.25, 0.3) is 0 Å². The summed E-state index contributed by atoms with van der Waals surface area (Å²) >= 11 is 6.17. The molecule has 0 radical (unpaired) electrons. The molecular formula is C16H16ClNO4. The summed E-state index contributed by atoms with van der Waals surface area (Å²) in [5, 5.41) is 18.2. The van der Waals surface area contributed by atoms with Gasteiger partial charge in [-0.15, -0.1) is 0 Å². The Morgan fingerprint density at radius 1 is 1.05 bits per heavy atom. The molecule has 0 saturated carbocycles. The smallest absolute Gasteiger partial charge is 0.343 e. The van der Waals surface area contributed by atoms with E-state index in [4.69, 9.17) is 27.5 Å². The molecule has 0 amide bonds. The Labute approximate surface area is 133 Å². The van der Waals surface area contributed by atoms with Gasteiger partial charge in [0.05, 0.1) is 0 Å². The summed E-state index contributed by atoms with van der Waals surface area (Å²) in [6.07, 6.45) is 3.08. The van der Waals surface area contributed by atoms with Crippen LogP contribution in [0.4, 0.5) is 5.69 Å². The van der Waals surface area contributed by atoms with Crippen molar-refractivity contribution < 1.29 is 19.8 Å². The number of carboxylic acids is 2. The summed E-state index contributed by atoms with van der Waals surface area (Å²) in [4.78, 5) is 21.8. The van der Waals surface area contributed by atoms with Crippen molar-refractivity contribution in [1.29, 1.82) is 0 Å². The lowest BCUT2D eigenvalue weighted by molar-refractivity contribution is -0.140. The minimum absolute atomic E-state index is 0.135. The van der Waals surface area contributed by atoms with Gasteiger partial charge in [0.1, 0.15) is 5.57 Å². The van der Waals surface area contributed by atoms with Crippen LogP contribution in [-0.4, -0.2) is 22.2 Å². The summed E-state index contributed by atoms with van der Waals surface area (Å²) < 4.78 is 0. The minimum Gasteiger partial charge on any atom is -0.477 e. The normalized spacial score (nSPS) is 12.0. The molecule has 0 saturated heterocycles. The number of allylic oxidation sites excluding steroid dienone is 4. The predicted molar refractivity (Wildman–Crippen MR) is 86.4 cm³/mol. The molecule has 0 spiro atoms. The second-order valence-electron chi connectivity index (χ2n) is 4.67. The van der Waals surface area contributed by atoms with E-state index in [1.807, 2.05) is 0 Å². The Kier molecular flexibility index (Phi) is 5.95. The van der Waals surface area contributed by atoms with Crippen molar-refractivity contribution in [1.82, 2.24) is 0 Å². The molecule has 116 valence electrons. The molecule has 0 aliphatic rings. The number of hydrogen-bond acceptors (Lipinski definition) is 3. The summed E-state index contributed by atoms with van der Waals surface area (Å²) in [6.45, 7) is 3.12. The number of rotatable bonds is 5. The lowest BCUT2D eigenvalue weighted by Crippen LogP contribution is -2.13. The maximum absolute atomic E-state index is 10.9. The number of hydrogen-bond donors (Lipinski definition) is 3. The van der Waals surface area contributed by atoms with Crippen LogP contribution in [0.2, 0.25) is 0 Å². The van der Waals surface area contributed by atoms with E-state index in [0.29, 0.717) is 16.3 Å². The molecule has 0 fully saturated rings. The van der Waals surface area contributed by atoms with Crippen LogP contribution in [0.25, 0.3) is 5.03 Å². The first kappa shape index (κ1) is 17.5. The van der Waals surface area contributed by atoms with Crippen molar-refractivity contribution in [2.45, 2.75) is 13.8 Å². The van der Waals surface area contributed by atoms with E-state index in [9.17, 15) is 9.59 Å². The molecule has 0 aliphatic carbocycles. The lowest BCUT2D eigenvalue weighted by Gasteiger charge is -2.03. The van der Waals surface area contributed by atoms with Gasteiger partial charge in [-0.25, -0.2) is 9.59 Å². The Balaban J connectivity index is 3.13. The fourth-order valence-corrected chi connectivity index (χ4v) is 2.11. The van der Waals surface area contributed by atoms with Crippen LogP contribution in [0.5, 0.6) is 0 Å². The molecule has 0 aliphatic heterocycles. The van der Waals surface area contributed by atoms with Crippen LogP contribution in [0.15, 0.2) is 53.1 Å². The van der Waals surface area contributed by atoms with Gasteiger partial charge in [0, 0.05) is 10.7 Å². The Morgan fingerprint density at radius 3 is 2.00 bits per heavy atom. The van der Waals surface area contributed by atoms with Crippen LogP contribution in [-0.2, 0) is 9.59 Å². The SMILES string of the molecule is CC(/C=C(C)/C=C(\Cl)c1ccc(N)cc1)=C(C(=O)O)C(=O)O. The lowest BCUT2D eigenvalue weighted by atomic mass is 10.1. The van der Waals surface area contributed by atoms with Gasteiger partial charge in [-0.2, -0.15) is 0 Å². The fraction of sp³-hybridized carbons (Fsp3) is 0.125. The molecule has 5 nitrogen and oxygen atoms in total. The monoisotopic (exact) mass is 321 g/mol. The van der Waals surface area contributed by atoms with E-state index >= 15 is 0 Å². The first-order valence-corrected chi connectivity index (χ1v) is 6.69. The number of carbonyl (C=O) groups is 2. The van der Waals surface area contributed by atoms with Gasteiger partial charge >= 0.3 is 11.9 Å². The van der Waals surface area contributed by atoms with E-state index in [0.717, 1.165) is 5.56 Å². The molecule has 6 heteroatoms. The molecule has 22 heavy (non-hydrogen) atoms. The molecule has 1 rings (SSSR count). The van der Waals surface area contributed by atoms with Crippen molar-refractivity contribution in [3.05, 3.63) is 58.7 Å². The fourth-order valence-electron chi connectivity index (χ4n) is 1.81. The zero-order valence-corrected chi connectivity index (χ0v) is 12.9. The molecule has 0 heterocycles. The van der Waals surface area contributed by atoms with Gasteiger partial charge in [-0.05, 0) is 48.8 Å². The van der Waals surface area contributed by atoms with Crippen molar-refractivity contribution in [2.75, 3.05) is 5.73 Å². The first-order chi connectivity index (χ1) is 10.2. The van der Waals surface area contributed by atoms with Crippen molar-refractivity contribution in [2.24, 2.45) is 0 Å². The van der Waals surface area contributed by atoms with Crippen LogP contribution in [0, 0.1) is 0 Å². The molecule has 0 atom stereocenters. The number of benzene rings is 1. The highest BCUT2D eigenvalue weighted by Crippen LogP contribution is 2.22. The summed E-state index contributed by atoms with van der Waals surface area (Å²) in [6, 6.07) is 6.93. The zero-order valence-electron chi connectivity index (χ0n) is 12.1. The van der Waals surface area contributed by atoms with Crippen molar-refractivity contribution in [3.63, 3.8) is 0 Å². The van der Waals surface area contributed by atoms with Crippen LogP contribution in [0.3, 0.4) is 0 Å². The van der Waals surface area contributed by atoms with Gasteiger partial charge in [-0.1, -0.05) is 29.8 Å². The van der Waals surface area contributed by atoms with Crippen molar-refractivity contribution in [3.8, 4) is 0 Å². The van der Waals surface area contributed by atoms with Gasteiger partial charge in [0.2, 0.25) is 0 Å². The van der Waals surface area contributed by atoms with Gasteiger partial charge in [0.15, 0.2) is 0 Å². The molecule has 0 unspecified atom stereocenters. The number of nitrogens with two attached hydrogens (primary N) is 1. The average molecular weight is 322 g/mol. The van der Waals surface area contributed by atoms with E-state index in [1.165, 1.54) is 13.0 Å². The number of carboxylic acid groups (broad SMARTS) is 2. The maximum Gasteiger partial charge on any atom is 0.343 e. The van der Waals surface area contributed by atoms with Gasteiger partial charge < -0.3 is 15.9 Å². The third-order valence-electron chi connectivity index (χ3n) is 2.81. The summed E-state index contributed by atoms with van der Waals surface area (Å²) in [7, 11) is 0. The van der Waals surface area contributed by atoms with E-state index < -0.39 is 17.5 Å². The summed E-state index contributed by atoms with van der Waals surface area (Å²) in [5.41, 5.74) is 7.05. The second kappa shape index (κ2) is 7.47. The van der Waals surface area contributed by atoms with E-state index in [-0.39, 0.29) is 5.57 Å². The van der Waals surface area contributed by atoms with Crippen LogP contribution in [0.1, 0.15) is 19.4 Å². The Morgan fingerprint density at radius 2 is 1.55 bits per heavy atom.